The fourth-order valence-corrected chi connectivity index (χ4v) is 0.790. The van der Waals surface area contributed by atoms with Gasteiger partial charge in [-0.3, -0.25) is 4.79 Å². The Kier molecular flexibility index (Phi) is 4.40. The van der Waals surface area contributed by atoms with Crippen LogP contribution in [0.5, 0.6) is 0 Å². The molecule has 0 bridgehead atoms. The van der Waals surface area contributed by atoms with Crippen LogP contribution in [0.1, 0.15) is 0 Å². The van der Waals surface area contributed by atoms with Gasteiger partial charge >= 0.3 is 5.97 Å². The van der Waals surface area contributed by atoms with E-state index >= 15 is 0 Å². The van der Waals surface area contributed by atoms with Crippen LogP contribution >= 0.6 is 12.4 Å². The van der Waals surface area contributed by atoms with Crippen LogP contribution in [0, 0.1) is 5.92 Å². The Morgan fingerprint density at radius 3 is 2.55 bits per heavy atom. The van der Waals surface area contributed by atoms with Gasteiger partial charge in [0.25, 0.3) is 0 Å². The number of esters is 1. The molecule has 0 saturated carbocycles. The number of rotatable bonds is 2. The summed E-state index contributed by atoms with van der Waals surface area (Å²) in [5, 5.41) is 0. The van der Waals surface area contributed by atoms with Crippen molar-refractivity contribution in [2.24, 2.45) is 11.7 Å². The molecule has 1 aliphatic rings. The van der Waals surface area contributed by atoms with Crippen molar-refractivity contribution in [2.45, 2.75) is 6.04 Å². The molecule has 5 heteroatoms. The van der Waals surface area contributed by atoms with Crippen LogP contribution in [0.4, 0.5) is 0 Å². The topological polar surface area (TPSA) is 61.5 Å². The van der Waals surface area contributed by atoms with E-state index in [9.17, 15) is 4.79 Å². The molecule has 1 saturated heterocycles. The molecule has 0 aromatic carbocycles. The molecule has 1 rings (SSSR count). The van der Waals surface area contributed by atoms with E-state index in [0.29, 0.717) is 13.2 Å². The molecule has 0 aromatic heterocycles. The second-order valence-electron chi connectivity index (χ2n) is 2.35. The molecule has 0 spiro atoms. The van der Waals surface area contributed by atoms with Gasteiger partial charge in [-0.25, -0.2) is 0 Å². The van der Waals surface area contributed by atoms with E-state index in [-0.39, 0.29) is 24.3 Å². The Bertz CT molecular complexity index is 138. The second-order valence-corrected chi connectivity index (χ2v) is 2.35. The Morgan fingerprint density at radius 1 is 1.73 bits per heavy atom. The average molecular weight is 182 g/mol. The fraction of sp³-hybridized carbons (Fsp3) is 0.833. The van der Waals surface area contributed by atoms with Crippen molar-refractivity contribution in [3.05, 3.63) is 0 Å². The van der Waals surface area contributed by atoms with Crippen LogP contribution in [-0.2, 0) is 14.3 Å². The Labute approximate surface area is 71.4 Å². The number of carbonyl (C=O) groups is 1. The number of ether oxygens (including phenoxy) is 2. The summed E-state index contributed by atoms with van der Waals surface area (Å²) in [7, 11) is 1.34. The maximum Gasteiger partial charge on any atom is 0.323 e. The molecular formula is C6H12ClNO3. The molecule has 1 atom stereocenters. The van der Waals surface area contributed by atoms with E-state index in [1.165, 1.54) is 7.11 Å². The zero-order valence-electron chi connectivity index (χ0n) is 6.28. The van der Waals surface area contributed by atoms with E-state index in [0.717, 1.165) is 0 Å². The smallest absolute Gasteiger partial charge is 0.323 e. The quantitative estimate of drug-likeness (QED) is 0.587. The van der Waals surface area contributed by atoms with E-state index < -0.39 is 6.04 Å². The van der Waals surface area contributed by atoms with Gasteiger partial charge < -0.3 is 15.2 Å². The van der Waals surface area contributed by atoms with Crippen molar-refractivity contribution in [3.8, 4) is 0 Å². The molecule has 4 nitrogen and oxygen atoms in total. The Morgan fingerprint density at radius 2 is 2.27 bits per heavy atom. The van der Waals surface area contributed by atoms with Gasteiger partial charge in [-0.2, -0.15) is 0 Å². The SMILES string of the molecule is COC(=O)[C@H](N)C1COC1.Cl. The molecule has 0 amide bonds. The number of hydrogen-bond acceptors (Lipinski definition) is 4. The van der Waals surface area contributed by atoms with Crippen molar-refractivity contribution in [3.63, 3.8) is 0 Å². The Balaban J connectivity index is 0.000001000. The lowest BCUT2D eigenvalue weighted by atomic mass is 9.99. The first-order chi connectivity index (χ1) is 4.75. The zero-order chi connectivity index (χ0) is 7.56. The summed E-state index contributed by atoms with van der Waals surface area (Å²) >= 11 is 0. The summed E-state index contributed by atoms with van der Waals surface area (Å²) in [6.45, 7) is 1.16. The normalized spacial score (nSPS) is 19.5. The predicted molar refractivity (Wildman–Crippen MR) is 41.5 cm³/mol. The summed E-state index contributed by atoms with van der Waals surface area (Å²) in [6, 6.07) is -0.501. The third-order valence-corrected chi connectivity index (χ3v) is 1.65. The monoisotopic (exact) mass is 181 g/mol. The standard InChI is InChI=1S/C6H11NO3.ClH/c1-9-6(8)5(7)4-2-10-3-4;/h4-5H,2-3,7H2,1H3;1H/t5-;/m1./s1. The molecular weight excluding hydrogens is 170 g/mol. The molecule has 11 heavy (non-hydrogen) atoms. The number of halogens is 1. The van der Waals surface area contributed by atoms with E-state index in [1.807, 2.05) is 0 Å². The van der Waals surface area contributed by atoms with Gasteiger partial charge in [0.05, 0.1) is 20.3 Å². The summed E-state index contributed by atoms with van der Waals surface area (Å²) in [4.78, 5) is 10.7. The molecule has 0 radical (unpaired) electrons. The summed E-state index contributed by atoms with van der Waals surface area (Å²) in [5.74, 6) is -0.194. The van der Waals surface area contributed by atoms with Crippen molar-refractivity contribution >= 4 is 18.4 Å². The van der Waals surface area contributed by atoms with Gasteiger partial charge in [0.1, 0.15) is 6.04 Å². The molecule has 1 fully saturated rings. The third kappa shape index (κ3) is 2.32. The number of hydrogen-bond donors (Lipinski definition) is 1. The van der Waals surface area contributed by atoms with Crippen LogP contribution in [-0.4, -0.2) is 32.3 Å². The van der Waals surface area contributed by atoms with Crippen molar-refractivity contribution in [1.82, 2.24) is 0 Å². The van der Waals surface area contributed by atoms with Crippen LogP contribution in [0.15, 0.2) is 0 Å². The molecule has 2 N–H and O–H groups in total. The molecule has 0 unspecified atom stereocenters. The second kappa shape index (κ2) is 4.54. The maximum atomic E-state index is 10.7. The number of nitrogens with two attached hydrogens (primary N) is 1. The number of carbonyl (C=O) groups excluding carboxylic acids is 1. The van der Waals surface area contributed by atoms with Gasteiger partial charge in [0, 0.05) is 5.92 Å². The van der Waals surface area contributed by atoms with Gasteiger partial charge in [-0.1, -0.05) is 0 Å². The van der Waals surface area contributed by atoms with E-state index in [4.69, 9.17) is 10.5 Å². The first-order valence-corrected chi connectivity index (χ1v) is 3.17. The summed E-state index contributed by atoms with van der Waals surface area (Å²) in [5.41, 5.74) is 5.48. The van der Waals surface area contributed by atoms with Crippen molar-refractivity contribution in [2.75, 3.05) is 20.3 Å². The van der Waals surface area contributed by atoms with Gasteiger partial charge in [0.15, 0.2) is 0 Å². The first-order valence-electron chi connectivity index (χ1n) is 3.17. The lowest BCUT2D eigenvalue weighted by molar-refractivity contribution is -0.149. The highest BCUT2D eigenvalue weighted by Gasteiger charge is 2.31. The number of methoxy groups -OCH3 is 1. The molecule has 66 valence electrons. The third-order valence-electron chi connectivity index (χ3n) is 1.65. The van der Waals surface area contributed by atoms with Crippen LogP contribution in [0.25, 0.3) is 0 Å². The van der Waals surface area contributed by atoms with E-state index in [2.05, 4.69) is 4.74 Å². The minimum Gasteiger partial charge on any atom is -0.468 e. The highest BCUT2D eigenvalue weighted by Crippen LogP contribution is 2.13. The van der Waals surface area contributed by atoms with Crippen molar-refractivity contribution < 1.29 is 14.3 Å². The largest absolute Gasteiger partial charge is 0.468 e. The minimum atomic E-state index is -0.501. The lowest BCUT2D eigenvalue weighted by Crippen LogP contribution is -2.48. The van der Waals surface area contributed by atoms with E-state index in [1.54, 1.807) is 0 Å². The van der Waals surface area contributed by atoms with Gasteiger partial charge in [-0.15, -0.1) is 12.4 Å². The van der Waals surface area contributed by atoms with Crippen LogP contribution in [0.2, 0.25) is 0 Å². The molecule has 0 aromatic rings. The predicted octanol–water partition coefficient (Wildman–Crippen LogP) is -0.445. The lowest BCUT2D eigenvalue weighted by Gasteiger charge is -2.29. The average Bonchev–Trinajstić information content (AvgIpc) is 1.82. The van der Waals surface area contributed by atoms with Gasteiger partial charge in [-0.05, 0) is 0 Å². The fourth-order valence-electron chi connectivity index (χ4n) is 0.790. The van der Waals surface area contributed by atoms with Gasteiger partial charge in [0.2, 0.25) is 0 Å². The zero-order valence-corrected chi connectivity index (χ0v) is 7.10. The maximum absolute atomic E-state index is 10.7. The summed E-state index contributed by atoms with van der Waals surface area (Å²) < 4.78 is 9.31. The molecule has 1 heterocycles. The Hall–Kier alpha value is -0.320. The van der Waals surface area contributed by atoms with Crippen LogP contribution in [0.3, 0.4) is 0 Å². The first kappa shape index (κ1) is 10.7. The molecule has 0 aliphatic carbocycles. The minimum absolute atomic E-state index is 0. The molecule has 1 aliphatic heterocycles. The summed E-state index contributed by atoms with van der Waals surface area (Å²) in [6.07, 6.45) is 0. The highest BCUT2D eigenvalue weighted by molar-refractivity contribution is 5.85. The van der Waals surface area contributed by atoms with Crippen LogP contribution < -0.4 is 5.73 Å². The highest BCUT2D eigenvalue weighted by atomic mass is 35.5. The van der Waals surface area contributed by atoms with Crippen molar-refractivity contribution in [1.29, 1.82) is 0 Å².